The van der Waals surface area contributed by atoms with Gasteiger partial charge in [-0.3, -0.25) is 4.79 Å². The Balaban J connectivity index is 1.65. The van der Waals surface area contributed by atoms with Gasteiger partial charge in [0.25, 0.3) is 0 Å². The van der Waals surface area contributed by atoms with Crippen LogP contribution in [0, 0.1) is 0 Å². The molecule has 128 valence electrons. The summed E-state index contributed by atoms with van der Waals surface area (Å²) in [6, 6.07) is 15.4. The summed E-state index contributed by atoms with van der Waals surface area (Å²) in [4.78, 5) is 15.4. The summed E-state index contributed by atoms with van der Waals surface area (Å²) >= 11 is 6.88. The molecule has 1 heterocycles. The van der Waals surface area contributed by atoms with E-state index in [-0.39, 0.29) is 12.5 Å². The molecule has 2 aromatic carbocycles. The summed E-state index contributed by atoms with van der Waals surface area (Å²) in [5, 5.41) is 12.3. The van der Waals surface area contributed by atoms with E-state index in [1.54, 1.807) is 11.9 Å². The van der Waals surface area contributed by atoms with Gasteiger partial charge in [-0.25, -0.2) is 0 Å². The minimum Gasteiger partial charge on any atom is -0.340 e. The highest BCUT2D eigenvalue weighted by Gasteiger charge is 2.14. The molecule has 0 aliphatic carbocycles. The second-order valence-corrected chi connectivity index (χ2v) is 7.26. The molecule has 0 aliphatic rings. The third-order valence-electron chi connectivity index (χ3n) is 3.62. The molecule has 6 nitrogen and oxygen atoms in total. The number of benzene rings is 2. The van der Waals surface area contributed by atoms with Gasteiger partial charge in [-0.2, -0.15) is 4.80 Å². The number of rotatable bonds is 5. The van der Waals surface area contributed by atoms with Crippen LogP contribution in [-0.2, 0) is 17.9 Å². The maximum Gasteiger partial charge on any atom is 0.246 e. The zero-order valence-corrected chi connectivity index (χ0v) is 16.6. The van der Waals surface area contributed by atoms with Gasteiger partial charge in [0.2, 0.25) is 11.7 Å². The molecule has 1 amide bonds. The van der Waals surface area contributed by atoms with Gasteiger partial charge >= 0.3 is 0 Å². The van der Waals surface area contributed by atoms with E-state index in [4.69, 9.17) is 0 Å². The van der Waals surface area contributed by atoms with Gasteiger partial charge in [0.1, 0.15) is 6.54 Å². The monoisotopic (exact) mass is 463 g/mol. The topological polar surface area (TPSA) is 63.9 Å². The highest BCUT2D eigenvalue weighted by molar-refractivity contribution is 9.10. The average Bonchev–Trinajstić information content (AvgIpc) is 3.06. The number of likely N-dealkylation sites (N-methyl/N-ethyl adjacent to an activating group) is 1. The lowest BCUT2D eigenvalue weighted by molar-refractivity contribution is -0.131. The van der Waals surface area contributed by atoms with Crippen LogP contribution in [-0.4, -0.2) is 38.1 Å². The number of hydrogen-bond donors (Lipinski definition) is 0. The minimum atomic E-state index is -0.0875. The van der Waals surface area contributed by atoms with Crippen molar-refractivity contribution in [2.75, 3.05) is 7.05 Å². The SMILES string of the molecule is CN(Cc1ccccc1Br)C(=O)Cn1nnc(-c2ccc(Br)cc2)n1. The van der Waals surface area contributed by atoms with E-state index >= 15 is 0 Å². The maximum absolute atomic E-state index is 12.4. The Kier molecular flexibility index (Phi) is 5.60. The molecule has 0 saturated carbocycles. The number of nitrogens with zero attached hydrogens (tertiary/aromatic N) is 5. The molecule has 0 spiro atoms. The van der Waals surface area contributed by atoms with Gasteiger partial charge in [-0.1, -0.05) is 50.1 Å². The van der Waals surface area contributed by atoms with E-state index in [2.05, 4.69) is 47.3 Å². The first-order valence-electron chi connectivity index (χ1n) is 7.54. The molecule has 25 heavy (non-hydrogen) atoms. The molecular formula is C17H15Br2N5O. The normalized spacial score (nSPS) is 10.7. The number of amides is 1. The number of hydrogen-bond acceptors (Lipinski definition) is 4. The first kappa shape index (κ1) is 17.8. The lowest BCUT2D eigenvalue weighted by Crippen LogP contribution is -2.30. The summed E-state index contributed by atoms with van der Waals surface area (Å²) in [6.45, 7) is 0.555. The van der Waals surface area contributed by atoms with Crippen molar-refractivity contribution in [2.24, 2.45) is 0 Å². The summed E-state index contributed by atoms with van der Waals surface area (Å²) in [5.41, 5.74) is 1.89. The number of halogens is 2. The zero-order valence-electron chi connectivity index (χ0n) is 13.4. The molecule has 0 aliphatic heterocycles. The number of carbonyl (C=O) groups excluding carboxylic acids is 1. The van der Waals surface area contributed by atoms with Crippen molar-refractivity contribution in [3.8, 4) is 11.4 Å². The van der Waals surface area contributed by atoms with Crippen LogP contribution in [0.5, 0.6) is 0 Å². The van der Waals surface area contributed by atoms with Gasteiger partial charge in [0.15, 0.2) is 0 Å². The molecule has 0 fully saturated rings. The molecule has 3 rings (SSSR count). The van der Waals surface area contributed by atoms with Gasteiger partial charge < -0.3 is 4.90 Å². The van der Waals surface area contributed by atoms with Crippen molar-refractivity contribution in [1.82, 2.24) is 25.1 Å². The molecule has 0 N–H and O–H groups in total. The van der Waals surface area contributed by atoms with E-state index in [1.807, 2.05) is 48.5 Å². The second kappa shape index (κ2) is 7.88. The van der Waals surface area contributed by atoms with Crippen LogP contribution in [0.2, 0.25) is 0 Å². The Hall–Kier alpha value is -2.06. The van der Waals surface area contributed by atoms with Crippen LogP contribution < -0.4 is 0 Å². The Morgan fingerprint density at radius 1 is 1.12 bits per heavy atom. The lowest BCUT2D eigenvalue weighted by Gasteiger charge is -2.17. The predicted molar refractivity (Wildman–Crippen MR) is 102 cm³/mol. The van der Waals surface area contributed by atoms with Crippen molar-refractivity contribution >= 4 is 37.8 Å². The third-order valence-corrected chi connectivity index (χ3v) is 4.93. The molecule has 0 bridgehead atoms. The van der Waals surface area contributed by atoms with Crippen molar-refractivity contribution in [3.63, 3.8) is 0 Å². The van der Waals surface area contributed by atoms with E-state index in [0.29, 0.717) is 12.4 Å². The fraction of sp³-hybridized carbons (Fsp3) is 0.176. The van der Waals surface area contributed by atoms with Crippen molar-refractivity contribution < 1.29 is 4.79 Å². The maximum atomic E-state index is 12.4. The minimum absolute atomic E-state index is 0.0461. The van der Waals surface area contributed by atoms with Crippen LogP contribution in [0.1, 0.15) is 5.56 Å². The average molecular weight is 465 g/mol. The predicted octanol–water partition coefficient (Wildman–Crippen LogP) is 3.52. The highest BCUT2D eigenvalue weighted by atomic mass is 79.9. The Bertz CT molecular complexity index is 879. The molecule has 8 heteroatoms. The van der Waals surface area contributed by atoms with Gasteiger partial charge in [0.05, 0.1) is 0 Å². The second-order valence-electron chi connectivity index (χ2n) is 5.49. The van der Waals surface area contributed by atoms with Crippen molar-refractivity contribution in [1.29, 1.82) is 0 Å². The molecule has 0 atom stereocenters. The molecule has 0 radical (unpaired) electrons. The standard InChI is InChI=1S/C17H15Br2N5O/c1-23(10-13-4-2-3-5-15(13)19)16(25)11-24-21-17(20-22-24)12-6-8-14(18)9-7-12/h2-9H,10-11H2,1H3. The smallest absolute Gasteiger partial charge is 0.246 e. The summed E-state index contributed by atoms with van der Waals surface area (Å²) in [5.74, 6) is 0.407. The summed E-state index contributed by atoms with van der Waals surface area (Å²) < 4.78 is 1.96. The first-order valence-corrected chi connectivity index (χ1v) is 9.12. The largest absolute Gasteiger partial charge is 0.340 e. The van der Waals surface area contributed by atoms with Gasteiger partial charge in [0, 0.05) is 28.1 Å². The highest BCUT2D eigenvalue weighted by Crippen LogP contribution is 2.18. The first-order chi connectivity index (χ1) is 12.0. The van der Waals surface area contributed by atoms with E-state index in [0.717, 1.165) is 20.1 Å². The molecule has 3 aromatic rings. The quantitative estimate of drug-likeness (QED) is 0.579. The molecule has 1 aromatic heterocycles. The van der Waals surface area contributed by atoms with Crippen LogP contribution in [0.3, 0.4) is 0 Å². The Labute approximate surface area is 162 Å². The molecule has 0 saturated heterocycles. The Morgan fingerprint density at radius 2 is 1.84 bits per heavy atom. The van der Waals surface area contributed by atoms with Crippen LogP contribution in [0.25, 0.3) is 11.4 Å². The summed E-state index contributed by atoms with van der Waals surface area (Å²) in [6.07, 6.45) is 0. The van der Waals surface area contributed by atoms with Gasteiger partial charge in [-0.15, -0.1) is 10.2 Å². The zero-order chi connectivity index (χ0) is 17.8. The number of aromatic nitrogens is 4. The van der Waals surface area contributed by atoms with Gasteiger partial charge in [-0.05, 0) is 41.1 Å². The Morgan fingerprint density at radius 3 is 2.56 bits per heavy atom. The number of tetrazole rings is 1. The number of carbonyl (C=O) groups is 1. The summed E-state index contributed by atoms with van der Waals surface area (Å²) in [7, 11) is 1.76. The molecule has 0 unspecified atom stereocenters. The van der Waals surface area contributed by atoms with E-state index in [9.17, 15) is 4.79 Å². The van der Waals surface area contributed by atoms with E-state index < -0.39 is 0 Å². The fourth-order valence-corrected chi connectivity index (χ4v) is 2.91. The van der Waals surface area contributed by atoms with Crippen LogP contribution in [0.15, 0.2) is 57.5 Å². The molecular weight excluding hydrogens is 450 g/mol. The fourth-order valence-electron chi connectivity index (χ4n) is 2.24. The third kappa shape index (κ3) is 4.52. The van der Waals surface area contributed by atoms with Crippen LogP contribution >= 0.6 is 31.9 Å². The van der Waals surface area contributed by atoms with Crippen molar-refractivity contribution in [2.45, 2.75) is 13.1 Å². The van der Waals surface area contributed by atoms with Crippen LogP contribution in [0.4, 0.5) is 0 Å². The van der Waals surface area contributed by atoms with E-state index in [1.165, 1.54) is 4.80 Å². The van der Waals surface area contributed by atoms with Crippen molar-refractivity contribution in [3.05, 3.63) is 63.0 Å². The lowest BCUT2D eigenvalue weighted by atomic mass is 10.2.